The zero-order chi connectivity index (χ0) is 32.7. The number of nitrogens with one attached hydrogen (secondary N) is 2. The number of fused-ring (bicyclic) bond motifs is 1. The third kappa shape index (κ3) is 6.84. The van der Waals surface area contributed by atoms with Crippen LogP contribution in [0.1, 0.15) is 49.7 Å². The number of hydrogen-bond acceptors (Lipinski definition) is 12. The van der Waals surface area contributed by atoms with E-state index in [4.69, 9.17) is 14.7 Å². The van der Waals surface area contributed by atoms with Gasteiger partial charge in [-0.15, -0.1) is 0 Å². The predicted octanol–water partition coefficient (Wildman–Crippen LogP) is 5.88. The van der Waals surface area contributed by atoms with Crippen LogP contribution in [0, 0.1) is 0 Å². The minimum Gasteiger partial charge on any atom is -0.494 e. The van der Waals surface area contributed by atoms with Crippen molar-refractivity contribution in [2.75, 3.05) is 82.3 Å². The van der Waals surface area contributed by atoms with Gasteiger partial charge in [0.25, 0.3) is 0 Å². The van der Waals surface area contributed by atoms with Gasteiger partial charge in [-0.2, -0.15) is 4.98 Å². The summed E-state index contributed by atoms with van der Waals surface area (Å²) in [6.45, 7) is 12.5. The lowest BCUT2D eigenvalue weighted by Crippen LogP contribution is -2.52. The average Bonchev–Trinajstić information content (AvgIpc) is 3.84. The van der Waals surface area contributed by atoms with Gasteiger partial charge in [-0.25, -0.2) is 9.97 Å². The van der Waals surface area contributed by atoms with Crippen molar-refractivity contribution in [3.63, 3.8) is 0 Å². The van der Waals surface area contributed by atoms with Gasteiger partial charge in [-0.3, -0.25) is 9.88 Å². The van der Waals surface area contributed by atoms with Crippen molar-refractivity contribution in [1.29, 1.82) is 0 Å². The molecular weight excluding hydrogens is 629 g/mol. The maximum atomic E-state index is 13.4. The molecule has 13 heteroatoms. The van der Waals surface area contributed by atoms with Crippen LogP contribution in [0.15, 0.2) is 30.7 Å². The van der Waals surface area contributed by atoms with Gasteiger partial charge >= 0.3 is 0 Å². The molecule has 0 unspecified atom stereocenters. The van der Waals surface area contributed by atoms with E-state index in [1.807, 2.05) is 6.20 Å². The van der Waals surface area contributed by atoms with E-state index in [9.17, 15) is 4.57 Å². The predicted molar refractivity (Wildman–Crippen MR) is 194 cm³/mol. The van der Waals surface area contributed by atoms with Crippen molar-refractivity contribution in [3.05, 3.63) is 41.9 Å². The van der Waals surface area contributed by atoms with E-state index in [0.717, 1.165) is 83.4 Å². The third-order valence-electron chi connectivity index (χ3n) is 9.80. The topological polar surface area (TPSA) is 112 Å². The third-order valence-corrected chi connectivity index (χ3v) is 12.5. The van der Waals surface area contributed by atoms with Gasteiger partial charge in [0, 0.05) is 81.2 Å². The van der Waals surface area contributed by atoms with Crippen LogP contribution in [-0.2, 0) is 11.0 Å². The van der Waals surface area contributed by atoms with Crippen LogP contribution >= 0.6 is 18.5 Å². The lowest BCUT2D eigenvalue weighted by molar-refractivity contribution is 0.0982. The molecule has 1 saturated carbocycles. The Kier molecular flexibility index (Phi) is 9.13. The Balaban J connectivity index is 1.14. The molecule has 47 heavy (non-hydrogen) atoms. The number of aryl methyl sites for hydroxylation is 1. The summed E-state index contributed by atoms with van der Waals surface area (Å²) in [5, 5.41) is 8.52. The molecule has 11 nitrogen and oxygen atoms in total. The van der Waals surface area contributed by atoms with Crippen LogP contribution in [0.5, 0.6) is 5.75 Å². The van der Waals surface area contributed by atoms with Gasteiger partial charge < -0.3 is 29.7 Å². The SMILES string of the molecule is CCc1cc(Nc2ncc(C3CC3)c(Nc3sc4nccnc4c3P(C)(C)=O)n2)c(OC)cc1N1CCC(N2CCN(C)CC2)CC1. The average molecular weight is 676 g/mol. The van der Waals surface area contributed by atoms with Gasteiger partial charge in [0.05, 0.1) is 18.1 Å². The standard InChI is InChI=1S/C34H46N9O2PS/c1-6-22-19-26(28(45-3)20-27(22)43-13-9-24(10-14-43)42-17-15-41(2)16-18-42)38-34-37-21-25(23-7-8-23)31(40-34)39-33-30(46(4,5)44)29-32(47-33)36-12-11-35-29/h11-12,19-21,23-24H,6-10,13-18H2,1-5H3,(H2,37,38,39,40). The summed E-state index contributed by atoms with van der Waals surface area (Å²) < 4.78 is 19.4. The van der Waals surface area contributed by atoms with Crippen LogP contribution in [0.3, 0.4) is 0 Å². The molecule has 0 atom stereocenters. The fourth-order valence-corrected chi connectivity index (χ4v) is 9.98. The number of hydrogen-bond donors (Lipinski definition) is 2. The first-order valence-electron chi connectivity index (χ1n) is 16.8. The number of ether oxygens (including phenoxy) is 1. The highest BCUT2D eigenvalue weighted by atomic mass is 32.1. The summed E-state index contributed by atoms with van der Waals surface area (Å²) in [6.07, 6.45) is 10.7. The lowest BCUT2D eigenvalue weighted by Gasteiger charge is -2.43. The first-order valence-corrected chi connectivity index (χ1v) is 20.2. The summed E-state index contributed by atoms with van der Waals surface area (Å²) in [6, 6.07) is 5.04. The van der Waals surface area contributed by atoms with Crippen molar-refractivity contribution in [3.8, 4) is 5.75 Å². The van der Waals surface area contributed by atoms with Crippen LogP contribution in [-0.4, -0.2) is 103 Å². The highest BCUT2D eigenvalue weighted by molar-refractivity contribution is 7.71. The maximum absolute atomic E-state index is 13.4. The van der Waals surface area contributed by atoms with Crippen LogP contribution in [0.25, 0.3) is 10.3 Å². The van der Waals surface area contributed by atoms with Crippen molar-refractivity contribution in [1.82, 2.24) is 29.7 Å². The minimum absolute atomic E-state index is 0.414. The zero-order valence-corrected chi connectivity index (χ0v) is 29.8. The Morgan fingerprint density at radius 1 is 0.979 bits per heavy atom. The Bertz CT molecular complexity index is 1790. The number of nitrogens with zero attached hydrogens (tertiary/aromatic N) is 7. The molecule has 0 radical (unpaired) electrons. The van der Waals surface area contributed by atoms with Gasteiger partial charge in [0.1, 0.15) is 34.1 Å². The molecule has 2 aliphatic heterocycles. The molecule has 0 bridgehead atoms. The maximum Gasteiger partial charge on any atom is 0.229 e. The molecule has 1 aromatic carbocycles. The smallest absolute Gasteiger partial charge is 0.229 e. The van der Waals surface area contributed by atoms with Crippen LogP contribution in [0.2, 0.25) is 0 Å². The summed E-state index contributed by atoms with van der Waals surface area (Å²) in [7, 11) is 1.27. The Hall–Kier alpha value is -3.31. The molecule has 5 heterocycles. The fourth-order valence-electron chi connectivity index (χ4n) is 6.99. The molecular formula is C34H46N9O2PS. The van der Waals surface area contributed by atoms with Gasteiger partial charge in [-0.1, -0.05) is 18.3 Å². The fraction of sp³-hybridized carbons (Fsp3) is 0.529. The minimum atomic E-state index is -2.67. The number of piperidine rings is 1. The van der Waals surface area contributed by atoms with E-state index in [-0.39, 0.29) is 0 Å². The Labute approximate surface area is 281 Å². The van der Waals surface area contributed by atoms with Crippen molar-refractivity contribution in [2.45, 2.75) is 51.0 Å². The van der Waals surface area contributed by atoms with Crippen molar-refractivity contribution >= 4 is 62.3 Å². The normalized spacial score (nSPS) is 18.5. The molecule has 7 rings (SSSR count). The van der Waals surface area contributed by atoms with E-state index in [1.54, 1.807) is 32.8 Å². The molecule has 3 aliphatic rings. The monoisotopic (exact) mass is 675 g/mol. The summed E-state index contributed by atoms with van der Waals surface area (Å²) in [5.41, 5.74) is 5.12. The second-order valence-electron chi connectivity index (χ2n) is 13.5. The Morgan fingerprint density at radius 3 is 2.40 bits per heavy atom. The molecule has 4 aromatic rings. The molecule has 2 saturated heterocycles. The van der Waals surface area contributed by atoms with E-state index < -0.39 is 7.14 Å². The van der Waals surface area contributed by atoms with Crippen molar-refractivity contribution in [2.24, 2.45) is 0 Å². The number of benzene rings is 1. The van der Waals surface area contributed by atoms with Gasteiger partial charge in [0.15, 0.2) is 0 Å². The first-order chi connectivity index (χ1) is 22.7. The molecule has 3 aromatic heterocycles. The number of anilines is 5. The summed E-state index contributed by atoms with van der Waals surface area (Å²) >= 11 is 1.46. The van der Waals surface area contributed by atoms with E-state index >= 15 is 0 Å². The van der Waals surface area contributed by atoms with E-state index in [1.165, 1.54) is 48.5 Å². The second kappa shape index (κ2) is 13.3. The highest BCUT2D eigenvalue weighted by Crippen LogP contribution is 2.47. The molecule has 250 valence electrons. The van der Waals surface area contributed by atoms with Gasteiger partial charge in [-0.05, 0) is 70.0 Å². The molecule has 1 aliphatic carbocycles. The quantitative estimate of drug-likeness (QED) is 0.197. The molecule has 3 fully saturated rings. The van der Waals surface area contributed by atoms with Crippen LogP contribution < -0.4 is 25.6 Å². The molecule has 0 spiro atoms. The highest BCUT2D eigenvalue weighted by Gasteiger charge is 2.31. The lowest BCUT2D eigenvalue weighted by atomic mass is 9.99. The number of piperazine rings is 1. The molecule has 0 amide bonds. The van der Waals surface area contributed by atoms with Crippen molar-refractivity contribution < 1.29 is 9.30 Å². The summed E-state index contributed by atoms with van der Waals surface area (Å²) in [4.78, 5) is 27.2. The number of aromatic nitrogens is 4. The van der Waals surface area contributed by atoms with Gasteiger partial charge in [0.2, 0.25) is 5.95 Å². The molecule has 2 N–H and O–H groups in total. The largest absolute Gasteiger partial charge is 0.494 e. The number of rotatable bonds is 10. The number of methoxy groups -OCH3 is 1. The first kappa shape index (κ1) is 32.2. The number of thiophene rings is 1. The second-order valence-corrected chi connectivity index (χ2v) is 17.6. The summed E-state index contributed by atoms with van der Waals surface area (Å²) in [5.74, 6) is 2.38. The van der Waals surface area contributed by atoms with Crippen LogP contribution in [0.4, 0.5) is 28.1 Å². The zero-order valence-electron chi connectivity index (χ0n) is 28.1. The van der Waals surface area contributed by atoms with E-state index in [0.29, 0.717) is 23.4 Å². The Morgan fingerprint density at radius 2 is 1.72 bits per heavy atom. The number of likely N-dealkylation sites (N-methyl/N-ethyl adjacent to an activating group) is 1. The van der Waals surface area contributed by atoms with E-state index in [2.05, 4.69) is 61.4 Å².